The van der Waals surface area contributed by atoms with Crippen molar-refractivity contribution in [2.24, 2.45) is 5.11 Å². The highest BCUT2D eigenvalue weighted by atomic mass is 28.4. The van der Waals surface area contributed by atoms with Gasteiger partial charge in [-0.3, -0.25) is 4.79 Å². The third-order valence-electron chi connectivity index (χ3n) is 3.25. The molecule has 0 aliphatic rings. The van der Waals surface area contributed by atoms with Crippen molar-refractivity contribution >= 4 is 20.3 Å². The van der Waals surface area contributed by atoms with Gasteiger partial charge in [0.15, 0.2) is 8.32 Å². The zero-order chi connectivity index (χ0) is 15.1. The predicted octanol–water partition coefficient (Wildman–Crippen LogP) is 2.95. The molecule has 7 nitrogen and oxygen atoms in total. The first-order valence-corrected chi connectivity index (χ1v) is 8.94. The molecule has 0 N–H and O–H groups in total. The van der Waals surface area contributed by atoms with E-state index >= 15 is 0 Å². The number of carbonyl (C=O) groups excluding carboxylic acids is 1. The highest BCUT2D eigenvalue weighted by Crippen LogP contribution is 2.37. The van der Waals surface area contributed by atoms with Crippen molar-refractivity contribution in [2.75, 3.05) is 6.54 Å². The first kappa shape index (κ1) is 17.5. The van der Waals surface area contributed by atoms with Crippen molar-refractivity contribution in [1.29, 1.82) is 0 Å². The Balaban J connectivity index is 4.91. The summed E-state index contributed by atoms with van der Waals surface area (Å²) < 4.78 is 6.03. The standard InChI is InChI=1S/C11H21N5O2Si/c1-11(2,3)19(4,5)18-10(8-15-16-13)6-9(17)7-14-12/h7,10H,6,8H2,1-5H3/t10-/m0/s1. The lowest BCUT2D eigenvalue weighted by atomic mass is 10.2. The summed E-state index contributed by atoms with van der Waals surface area (Å²) in [5.74, 6) is -0.362. The molecule has 0 aromatic rings. The van der Waals surface area contributed by atoms with Crippen LogP contribution in [0, 0.1) is 0 Å². The van der Waals surface area contributed by atoms with E-state index in [2.05, 4.69) is 48.7 Å². The first-order valence-electron chi connectivity index (χ1n) is 6.03. The van der Waals surface area contributed by atoms with Crippen LogP contribution in [0.25, 0.3) is 16.0 Å². The van der Waals surface area contributed by atoms with Crippen LogP contribution in [-0.4, -0.2) is 37.8 Å². The highest BCUT2D eigenvalue weighted by Gasteiger charge is 2.39. The molecule has 0 aliphatic carbocycles. The molecule has 0 aromatic carbocycles. The molecule has 0 unspecified atom stereocenters. The van der Waals surface area contributed by atoms with Crippen molar-refractivity contribution in [3.63, 3.8) is 0 Å². The van der Waals surface area contributed by atoms with E-state index in [1.54, 1.807) is 0 Å². The van der Waals surface area contributed by atoms with Gasteiger partial charge in [-0.05, 0) is 23.7 Å². The number of ketones is 1. The van der Waals surface area contributed by atoms with Gasteiger partial charge in [0.25, 0.3) is 0 Å². The van der Waals surface area contributed by atoms with Gasteiger partial charge >= 0.3 is 6.21 Å². The number of nitrogens with zero attached hydrogens (tertiary/aromatic N) is 5. The van der Waals surface area contributed by atoms with E-state index in [0.717, 1.165) is 6.21 Å². The van der Waals surface area contributed by atoms with Crippen molar-refractivity contribution in [2.45, 2.75) is 51.4 Å². The van der Waals surface area contributed by atoms with Crippen molar-refractivity contribution in [3.05, 3.63) is 16.0 Å². The Labute approximate surface area is 114 Å². The van der Waals surface area contributed by atoms with Gasteiger partial charge in [-0.1, -0.05) is 25.9 Å². The molecule has 0 bridgehead atoms. The van der Waals surface area contributed by atoms with Gasteiger partial charge in [-0.2, -0.15) is 4.79 Å². The molecule has 8 heteroatoms. The molecular formula is C11H21N5O2Si. The van der Waals surface area contributed by atoms with E-state index in [1.165, 1.54) is 0 Å². The lowest BCUT2D eigenvalue weighted by Gasteiger charge is -2.38. The van der Waals surface area contributed by atoms with Crippen molar-refractivity contribution in [3.8, 4) is 0 Å². The monoisotopic (exact) mass is 283 g/mol. The maximum Gasteiger partial charge on any atom is 0.323 e. The summed E-state index contributed by atoms with van der Waals surface area (Å²) in [6, 6.07) is 0. The minimum atomic E-state index is -2.05. The van der Waals surface area contributed by atoms with E-state index in [-0.39, 0.29) is 23.8 Å². The van der Waals surface area contributed by atoms with Crippen LogP contribution < -0.4 is 0 Å². The minimum absolute atomic E-state index is 0.00424. The molecule has 0 saturated heterocycles. The summed E-state index contributed by atoms with van der Waals surface area (Å²) in [4.78, 5) is 16.8. The summed E-state index contributed by atoms with van der Waals surface area (Å²) in [6.45, 7) is 10.5. The van der Waals surface area contributed by atoms with E-state index in [9.17, 15) is 4.79 Å². The van der Waals surface area contributed by atoms with Crippen LogP contribution in [0.15, 0.2) is 5.11 Å². The molecular weight excluding hydrogens is 262 g/mol. The Morgan fingerprint density at radius 2 is 2.00 bits per heavy atom. The van der Waals surface area contributed by atoms with Crippen LogP contribution in [-0.2, 0) is 9.22 Å². The van der Waals surface area contributed by atoms with E-state index in [1.807, 2.05) is 0 Å². The van der Waals surface area contributed by atoms with Gasteiger partial charge in [0.05, 0.1) is 12.6 Å². The van der Waals surface area contributed by atoms with Crippen LogP contribution in [0.1, 0.15) is 27.2 Å². The molecule has 0 fully saturated rings. The van der Waals surface area contributed by atoms with Gasteiger partial charge in [0.1, 0.15) is 0 Å². The predicted molar refractivity (Wildman–Crippen MR) is 75.4 cm³/mol. The number of carbonyl (C=O) groups is 1. The Morgan fingerprint density at radius 1 is 1.42 bits per heavy atom. The Hall–Kier alpha value is -1.46. The fraction of sp³-hybridized carbons (Fsp3) is 0.818. The molecule has 1 atom stereocenters. The SMILES string of the molecule is CC(C)(C)[Si](C)(C)O[C@H](CN=[N+]=[N-])CC(=O)C=[N+]=[N-]. The Morgan fingerprint density at radius 3 is 2.42 bits per heavy atom. The second-order valence-electron chi connectivity index (χ2n) is 5.83. The van der Waals surface area contributed by atoms with Gasteiger partial charge < -0.3 is 9.96 Å². The van der Waals surface area contributed by atoms with Crippen molar-refractivity contribution in [1.82, 2.24) is 0 Å². The minimum Gasteiger partial charge on any atom is -0.413 e. The smallest absolute Gasteiger partial charge is 0.323 e. The molecule has 19 heavy (non-hydrogen) atoms. The molecule has 0 spiro atoms. The average molecular weight is 283 g/mol. The Bertz CT molecular complexity index is 417. The molecule has 0 saturated carbocycles. The quantitative estimate of drug-likeness (QED) is 0.235. The van der Waals surface area contributed by atoms with Gasteiger partial charge in [-0.15, -0.1) is 0 Å². The largest absolute Gasteiger partial charge is 0.413 e. The second-order valence-corrected chi connectivity index (χ2v) is 10.6. The fourth-order valence-electron chi connectivity index (χ4n) is 1.21. The van der Waals surface area contributed by atoms with Crippen LogP contribution in [0.3, 0.4) is 0 Å². The van der Waals surface area contributed by atoms with Crippen LogP contribution in [0.2, 0.25) is 18.1 Å². The lowest BCUT2D eigenvalue weighted by Crippen LogP contribution is -2.45. The maximum atomic E-state index is 11.4. The number of Topliss-reactive ketones (excluding diaryl/α,β-unsaturated/α-hetero) is 1. The normalized spacial score (nSPS) is 13.1. The summed E-state index contributed by atoms with van der Waals surface area (Å²) in [5, 5.41) is 3.47. The van der Waals surface area contributed by atoms with Crippen LogP contribution in [0.5, 0.6) is 0 Å². The fourth-order valence-corrected chi connectivity index (χ4v) is 2.55. The molecule has 0 aromatic heterocycles. The van der Waals surface area contributed by atoms with E-state index < -0.39 is 14.4 Å². The number of hydrogen-bond donors (Lipinski definition) is 0. The summed E-state index contributed by atoms with van der Waals surface area (Å²) in [7, 11) is -2.05. The zero-order valence-electron chi connectivity index (χ0n) is 12.1. The summed E-state index contributed by atoms with van der Waals surface area (Å²) in [6.07, 6.45) is 0.385. The molecule has 0 amide bonds. The van der Waals surface area contributed by atoms with E-state index in [0.29, 0.717) is 0 Å². The van der Waals surface area contributed by atoms with E-state index in [4.69, 9.17) is 15.5 Å². The van der Waals surface area contributed by atoms with Crippen molar-refractivity contribution < 1.29 is 14.0 Å². The first-order chi connectivity index (χ1) is 8.64. The van der Waals surface area contributed by atoms with Crippen LogP contribution in [0.4, 0.5) is 0 Å². The highest BCUT2D eigenvalue weighted by molar-refractivity contribution is 6.74. The molecule has 0 radical (unpaired) electrons. The summed E-state index contributed by atoms with van der Waals surface area (Å²) in [5.41, 5.74) is 16.7. The molecule has 0 heterocycles. The third-order valence-corrected chi connectivity index (χ3v) is 7.78. The lowest BCUT2D eigenvalue weighted by molar-refractivity contribution is -0.117. The zero-order valence-corrected chi connectivity index (χ0v) is 13.1. The summed E-state index contributed by atoms with van der Waals surface area (Å²) >= 11 is 0. The van der Waals surface area contributed by atoms with Gasteiger partial charge in [0, 0.05) is 11.3 Å². The number of azide groups is 1. The third kappa shape index (κ3) is 6.31. The molecule has 0 aliphatic heterocycles. The second kappa shape index (κ2) is 7.21. The van der Waals surface area contributed by atoms with Crippen LogP contribution >= 0.6 is 0 Å². The molecule has 106 valence electrons. The topological polar surface area (TPSA) is 111 Å². The van der Waals surface area contributed by atoms with Gasteiger partial charge in [0.2, 0.25) is 5.78 Å². The number of rotatable bonds is 7. The average Bonchev–Trinajstić information content (AvgIpc) is 2.24. The molecule has 0 rings (SSSR count). The maximum absolute atomic E-state index is 11.4. The van der Waals surface area contributed by atoms with Gasteiger partial charge in [-0.25, -0.2) is 0 Å². The Kier molecular flexibility index (Phi) is 6.65. The number of hydrogen-bond acceptors (Lipinski definition) is 3.